The van der Waals surface area contributed by atoms with Gasteiger partial charge >= 0.3 is 6.18 Å². The Kier molecular flexibility index (Phi) is 6.71. The molecule has 0 amide bonds. The number of nitrogens with zero attached hydrogens (tertiary/aromatic N) is 3. The summed E-state index contributed by atoms with van der Waals surface area (Å²) >= 11 is 1.71. The fourth-order valence-electron chi connectivity index (χ4n) is 3.21. The quantitative estimate of drug-likeness (QED) is 0.520. The van der Waals surface area contributed by atoms with Crippen molar-refractivity contribution in [2.45, 2.75) is 25.1 Å². The van der Waals surface area contributed by atoms with Crippen LogP contribution < -0.4 is 15.8 Å². The average molecular weight is 441 g/mol. The maximum absolute atomic E-state index is 12.9. The molecule has 0 atom stereocenters. The molecule has 0 saturated carbocycles. The van der Waals surface area contributed by atoms with E-state index in [9.17, 15) is 18.0 Å². The van der Waals surface area contributed by atoms with Crippen molar-refractivity contribution in [3.05, 3.63) is 41.1 Å². The number of nitrogens with two attached hydrogens (primary N) is 1. The number of ketones is 1. The highest BCUT2D eigenvalue weighted by Crippen LogP contribution is 2.34. The molecule has 0 radical (unpaired) electrons. The summed E-state index contributed by atoms with van der Waals surface area (Å²) in [6.07, 6.45) is 0.622. The lowest BCUT2D eigenvalue weighted by Gasteiger charge is -2.30. The van der Waals surface area contributed by atoms with Gasteiger partial charge in [0.15, 0.2) is 0 Å². The monoisotopic (exact) mass is 441 g/mol. The number of carbonyl (C=O) groups excluding carboxylic acids is 1. The molecule has 11 heteroatoms. The molecule has 3 rings (SSSR count). The van der Waals surface area contributed by atoms with Crippen molar-refractivity contribution in [2.24, 2.45) is 0 Å². The van der Waals surface area contributed by atoms with Crippen molar-refractivity contribution < 1.29 is 22.7 Å². The fourth-order valence-corrected chi connectivity index (χ4v) is 3.78. The first-order chi connectivity index (χ1) is 14.2. The number of benzene rings is 1. The number of ether oxygens (including phenoxy) is 1. The topological polar surface area (TPSA) is 93.4 Å². The van der Waals surface area contributed by atoms with E-state index in [-0.39, 0.29) is 28.7 Å². The van der Waals surface area contributed by atoms with Crippen LogP contribution in [-0.2, 0) is 6.18 Å². The number of rotatable bonds is 6. The number of methoxy groups -OCH3 is 1. The summed E-state index contributed by atoms with van der Waals surface area (Å²) in [5.74, 6) is -0.554. The molecule has 2 heterocycles. The molecule has 1 aliphatic heterocycles. The molecule has 0 spiro atoms. The first kappa shape index (κ1) is 22.2. The molecule has 30 heavy (non-hydrogen) atoms. The lowest BCUT2D eigenvalue weighted by molar-refractivity contribution is -0.137. The summed E-state index contributed by atoms with van der Waals surface area (Å²) in [4.78, 5) is 21.2. The number of carbonyl (C=O) groups is 1. The van der Waals surface area contributed by atoms with Crippen molar-refractivity contribution in [3.63, 3.8) is 0 Å². The second-order valence-corrected chi connectivity index (χ2v) is 7.65. The number of hydrogen-bond donors (Lipinski definition) is 2. The Labute approximate surface area is 176 Å². The van der Waals surface area contributed by atoms with Gasteiger partial charge in [0.05, 0.1) is 23.8 Å². The van der Waals surface area contributed by atoms with Crippen LogP contribution in [0.15, 0.2) is 24.4 Å². The highest BCUT2D eigenvalue weighted by atomic mass is 32.2. The second kappa shape index (κ2) is 9.09. The number of alkyl halides is 3. The van der Waals surface area contributed by atoms with Crippen molar-refractivity contribution in [1.82, 2.24) is 14.3 Å². The van der Waals surface area contributed by atoms with E-state index in [4.69, 9.17) is 10.5 Å². The molecule has 7 nitrogen and oxygen atoms in total. The van der Waals surface area contributed by atoms with Gasteiger partial charge < -0.3 is 15.8 Å². The van der Waals surface area contributed by atoms with Gasteiger partial charge in [-0.3, -0.25) is 9.10 Å². The van der Waals surface area contributed by atoms with Gasteiger partial charge in [0.2, 0.25) is 11.7 Å². The average Bonchev–Trinajstić information content (AvgIpc) is 2.73. The third kappa shape index (κ3) is 4.96. The van der Waals surface area contributed by atoms with Crippen molar-refractivity contribution in [3.8, 4) is 5.75 Å². The number of hydrogen-bond acceptors (Lipinski definition) is 8. The SMILES string of the molecule is COc1cc(C(F)(F)F)ccc1C(=O)c1cnc(NC2CCN(SC)CC2)nc1N. The van der Waals surface area contributed by atoms with Gasteiger partial charge in [0.1, 0.15) is 11.6 Å². The van der Waals surface area contributed by atoms with Crippen LogP contribution in [0.5, 0.6) is 5.75 Å². The zero-order valence-corrected chi connectivity index (χ0v) is 17.3. The molecule has 1 aromatic carbocycles. The van der Waals surface area contributed by atoms with E-state index in [1.807, 2.05) is 6.26 Å². The molecule has 1 aromatic heterocycles. The van der Waals surface area contributed by atoms with E-state index in [2.05, 4.69) is 19.6 Å². The highest BCUT2D eigenvalue weighted by molar-refractivity contribution is 7.96. The lowest BCUT2D eigenvalue weighted by Crippen LogP contribution is -2.35. The molecule has 3 N–H and O–H groups in total. The summed E-state index contributed by atoms with van der Waals surface area (Å²) in [6.45, 7) is 1.89. The van der Waals surface area contributed by atoms with Gasteiger partial charge in [0, 0.05) is 25.3 Å². The molecule has 1 saturated heterocycles. The molecule has 2 aromatic rings. The summed E-state index contributed by atoms with van der Waals surface area (Å²) in [5.41, 5.74) is 4.99. The van der Waals surface area contributed by atoms with Crippen LogP contribution >= 0.6 is 11.9 Å². The first-order valence-electron chi connectivity index (χ1n) is 9.21. The first-order valence-corrected chi connectivity index (χ1v) is 10.4. The van der Waals surface area contributed by atoms with E-state index >= 15 is 0 Å². The summed E-state index contributed by atoms with van der Waals surface area (Å²) in [7, 11) is 1.20. The molecular formula is C19H22F3N5O2S. The van der Waals surface area contributed by atoms with Crippen LogP contribution in [0.2, 0.25) is 0 Å². The second-order valence-electron chi connectivity index (χ2n) is 6.76. The normalized spacial score (nSPS) is 15.8. The minimum absolute atomic E-state index is 0.00388. The van der Waals surface area contributed by atoms with Crippen molar-refractivity contribution >= 4 is 29.5 Å². The molecule has 1 fully saturated rings. The van der Waals surface area contributed by atoms with Gasteiger partial charge in [-0.25, -0.2) is 4.98 Å². The van der Waals surface area contributed by atoms with Crippen LogP contribution in [0.25, 0.3) is 0 Å². The van der Waals surface area contributed by atoms with E-state index in [1.165, 1.54) is 13.3 Å². The molecule has 162 valence electrons. The summed E-state index contributed by atoms with van der Waals surface area (Å²) in [5, 5.41) is 3.22. The zero-order valence-electron chi connectivity index (χ0n) is 16.5. The Morgan fingerprint density at radius 2 is 2.00 bits per heavy atom. The van der Waals surface area contributed by atoms with Crippen LogP contribution in [0, 0.1) is 0 Å². The highest BCUT2D eigenvalue weighted by Gasteiger charge is 2.32. The standard InChI is InChI=1S/C19H22F3N5O2S/c1-29-15-9-11(19(20,21)22)3-4-13(15)16(28)14-10-24-18(26-17(14)23)25-12-5-7-27(30-2)8-6-12/h3-4,9-10,12H,5-8H2,1-2H3,(H3,23,24,25,26). The van der Waals surface area contributed by atoms with Gasteiger partial charge in [0.25, 0.3) is 0 Å². The number of nitrogen functional groups attached to an aromatic ring is 1. The number of nitrogens with one attached hydrogen (secondary N) is 1. The Morgan fingerprint density at radius 1 is 1.30 bits per heavy atom. The van der Waals surface area contributed by atoms with E-state index in [1.54, 1.807) is 11.9 Å². The number of piperidine rings is 1. The Balaban J connectivity index is 1.77. The smallest absolute Gasteiger partial charge is 0.416 e. The minimum Gasteiger partial charge on any atom is -0.496 e. The van der Waals surface area contributed by atoms with Crippen LogP contribution in [0.4, 0.5) is 24.9 Å². The van der Waals surface area contributed by atoms with E-state index < -0.39 is 17.5 Å². The molecule has 0 unspecified atom stereocenters. The third-order valence-corrected chi connectivity index (χ3v) is 5.76. The number of halogens is 3. The van der Waals surface area contributed by atoms with Crippen LogP contribution in [0.3, 0.4) is 0 Å². The summed E-state index contributed by atoms with van der Waals surface area (Å²) < 4.78 is 46.0. The minimum atomic E-state index is -4.55. The molecule has 1 aliphatic rings. The fraction of sp³-hybridized carbons (Fsp3) is 0.421. The third-order valence-electron chi connectivity index (χ3n) is 4.88. The van der Waals surface area contributed by atoms with Crippen molar-refractivity contribution in [2.75, 3.05) is 37.5 Å². The van der Waals surface area contributed by atoms with Crippen LogP contribution in [-0.4, -0.2) is 52.6 Å². The van der Waals surface area contributed by atoms with Gasteiger partial charge in [-0.05, 0) is 37.3 Å². The largest absolute Gasteiger partial charge is 0.496 e. The van der Waals surface area contributed by atoms with E-state index in [0.29, 0.717) is 5.95 Å². The maximum Gasteiger partial charge on any atom is 0.416 e. The Bertz CT molecular complexity index is 918. The predicted octanol–water partition coefficient (Wildman–Crippen LogP) is 3.47. The Hall–Kier alpha value is -2.53. The van der Waals surface area contributed by atoms with Crippen molar-refractivity contribution in [1.29, 1.82) is 0 Å². The predicted molar refractivity (Wildman–Crippen MR) is 110 cm³/mol. The Morgan fingerprint density at radius 3 is 2.57 bits per heavy atom. The van der Waals surface area contributed by atoms with Crippen LogP contribution in [0.1, 0.15) is 34.3 Å². The summed E-state index contributed by atoms with van der Waals surface area (Å²) in [6, 6.07) is 2.87. The molecular weight excluding hydrogens is 419 g/mol. The molecule has 0 bridgehead atoms. The lowest BCUT2D eigenvalue weighted by atomic mass is 10.0. The zero-order chi connectivity index (χ0) is 21.9. The molecule has 0 aliphatic carbocycles. The number of anilines is 2. The number of aromatic nitrogens is 2. The van der Waals surface area contributed by atoms with E-state index in [0.717, 1.165) is 44.1 Å². The van der Waals surface area contributed by atoms with Gasteiger partial charge in [-0.1, -0.05) is 11.9 Å². The van der Waals surface area contributed by atoms with Gasteiger partial charge in [-0.15, -0.1) is 0 Å². The maximum atomic E-state index is 12.9. The van der Waals surface area contributed by atoms with Gasteiger partial charge in [-0.2, -0.15) is 18.2 Å².